The van der Waals surface area contributed by atoms with Crippen molar-refractivity contribution in [3.63, 3.8) is 0 Å². The second-order valence-electron chi connectivity index (χ2n) is 10.2. The van der Waals surface area contributed by atoms with E-state index in [1.165, 1.54) is 13.8 Å². The van der Waals surface area contributed by atoms with Crippen molar-refractivity contribution >= 4 is 29.8 Å². The molecule has 0 fully saturated rings. The lowest BCUT2D eigenvalue weighted by Crippen LogP contribution is -2.58. The second-order valence-corrected chi connectivity index (χ2v) is 10.2. The fraction of sp³-hybridized carbons (Fsp3) is 0.500. The topological polar surface area (TPSA) is 234 Å². The van der Waals surface area contributed by atoms with Gasteiger partial charge in [-0.25, -0.2) is 24.0 Å². The molecule has 0 saturated carbocycles. The van der Waals surface area contributed by atoms with Crippen LogP contribution < -0.4 is 0 Å². The standard InChI is InChI=1S/C30H42O14/c1-8-23(34)43-20(6)14-42-21(7)25(44-24(35)9-2)22(13-31)30(15-32,16-33)29(10-17(3)26(36)37,11-18(4)27(38)39)12-19(5)28(40)41/h8-12,20-22,25,31-33H,1-2,13-16H2,3-7H3,(H,36,37)(H,38,39)(H,40,41). The number of hydrogen-bond acceptors (Lipinski definition) is 11. The van der Waals surface area contributed by atoms with Crippen molar-refractivity contribution in [2.75, 3.05) is 26.4 Å². The van der Waals surface area contributed by atoms with Crippen LogP contribution in [-0.4, -0.2) is 105 Å². The molecule has 14 heteroatoms. The average molecular weight is 627 g/mol. The lowest BCUT2D eigenvalue weighted by Gasteiger charge is -2.51. The summed E-state index contributed by atoms with van der Waals surface area (Å²) in [5.74, 6) is -7.89. The van der Waals surface area contributed by atoms with Crippen LogP contribution in [0.1, 0.15) is 34.6 Å². The molecule has 4 atom stereocenters. The second kappa shape index (κ2) is 17.9. The zero-order valence-corrected chi connectivity index (χ0v) is 25.4. The summed E-state index contributed by atoms with van der Waals surface area (Å²) in [6, 6.07) is 0. The van der Waals surface area contributed by atoms with Gasteiger partial charge >= 0.3 is 29.8 Å². The van der Waals surface area contributed by atoms with Gasteiger partial charge in [0.15, 0.2) is 0 Å². The number of aliphatic hydroxyl groups excluding tert-OH is 3. The molecule has 0 amide bonds. The first-order valence-electron chi connectivity index (χ1n) is 13.3. The Bertz CT molecular complexity index is 1100. The monoisotopic (exact) mass is 626 g/mol. The smallest absolute Gasteiger partial charge is 0.330 e. The Morgan fingerprint density at radius 2 is 1.11 bits per heavy atom. The predicted octanol–water partition coefficient (Wildman–Crippen LogP) is 1.27. The molecule has 44 heavy (non-hydrogen) atoms. The first-order valence-corrected chi connectivity index (χ1v) is 13.3. The normalized spacial score (nSPS) is 16.9. The Kier molecular flexibility index (Phi) is 16.2. The molecule has 0 aromatic carbocycles. The van der Waals surface area contributed by atoms with Crippen LogP contribution in [0.25, 0.3) is 0 Å². The Labute approximate surface area is 255 Å². The number of ether oxygens (including phenoxy) is 3. The van der Waals surface area contributed by atoms with Crippen LogP contribution in [0.15, 0.2) is 60.3 Å². The SMILES string of the molecule is C=CC(=O)OC(C)COC(C)C(OC(=O)C=C)C(CO)C(CO)(CO)C(C=C(C)C(=O)O)(C=C(C)C(=O)O)C=C(C)C(=O)O. The first-order chi connectivity index (χ1) is 20.4. The van der Waals surface area contributed by atoms with Crippen molar-refractivity contribution in [1.29, 1.82) is 0 Å². The van der Waals surface area contributed by atoms with Crippen molar-refractivity contribution in [3.05, 3.63) is 60.3 Å². The highest BCUT2D eigenvalue weighted by molar-refractivity contribution is 5.89. The lowest BCUT2D eigenvalue weighted by atomic mass is 9.54. The molecule has 0 rings (SSSR count). The Morgan fingerprint density at radius 1 is 0.727 bits per heavy atom. The van der Waals surface area contributed by atoms with E-state index in [9.17, 15) is 54.6 Å². The molecule has 0 bridgehead atoms. The summed E-state index contributed by atoms with van der Waals surface area (Å²) in [5, 5.41) is 61.9. The molecule has 14 nitrogen and oxygen atoms in total. The minimum absolute atomic E-state index is 0.272. The van der Waals surface area contributed by atoms with Crippen LogP contribution in [0, 0.1) is 16.7 Å². The maximum Gasteiger partial charge on any atom is 0.330 e. The average Bonchev–Trinajstić information content (AvgIpc) is 2.96. The number of carbonyl (C=O) groups is 5. The van der Waals surface area contributed by atoms with E-state index >= 15 is 0 Å². The van der Waals surface area contributed by atoms with Crippen LogP contribution in [0.5, 0.6) is 0 Å². The van der Waals surface area contributed by atoms with Crippen LogP contribution in [0.3, 0.4) is 0 Å². The maximum atomic E-state index is 12.5. The van der Waals surface area contributed by atoms with Crippen LogP contribution in [0.4, 0.5) is 0 Å². The number of carbonyl (C=O) groups excluding carboxylic acids is 2. The van der Waals surface area contributed by atoms with Crippen molar-refractivity contribution in [2.24, 2.45) is 16.7 Å². The maximum absolute atomic E-state index is 12.5. The lowest BCUT2D eigenvalue weighted by molar-refractivity contribution is -0.181. The highest BCUT2D eigenvalue weighted by atomic mass is 16.6. The summed E-state index contributed by atoms with van der Waals surface area (Å²) in [7, 11) is 0. The highest BCUT2D eigenvalue weighted by Crippen LogP contribution is 2.52. The molecular weight excluding hydrogens is 584 g/mol. The summed E-state index contributed by atoms with van der Waals surface area (Å²) >= 11 is 0. The van der Waals surface area contributed by atoms with Gasteiger partial charge in [-0.3, -0.25) is 0 Å². The molecule has 246 valence electrons. The summed E-state index contributed by atoms with van der Waals surface area (Å²) < 4.78 is 16.3. The van der Waals surface area contributed by atoms with Gasteiger partial charge in [-0.2, -0.15) is 0 Å². The molecule has 0 radical (unpaired) electrons. The molecule has 6 N–H and O–H groups in total. The fourth-order valence-corrected chi connectivity index (χ4v) is 4.64. The summed E-state index contributed by atoms with van der Waals surface area (Å²) in [6.07, 6.45) is 0.922. The first kappa shape index (κ1) is 39.9. The van der Waals surface area contributed by atoms with Gasteiger partial charge in [0.05, 0.1) is 32.5 Å². The number of hydrogen-bond donors (Lipinski definition) is 6. The third-order valence-electron chi connectivity index (χ3n) is 7.07. The van der Waals surface area contributed by atoms with E-state index in [-0.39, 0.29) is 6.61 Å². The van der Waals surface area contributed by atoms with E-state index in [0.717, 1.165) is 51.2 Å². The molecule has 0 aliphatic heterocycles. The number of rotatable bonds is 20. The van der Waals surface area contributed by atoms with E-state index in [4.69, 9.17) is 14.2 Å². The number of carboxylic acids is 3. The minimum atomic E-state index is -2.27. The largest absolute Gasteiger partial charge is 0.478 e. The highest BCUT2D eigenvalue weighted by Gasteiger charge is 2.56. The zero-order chi connectivity index (χ0) is 34.4. The number of allylic oxidation sites excluding steroid dienone is 3. The van der Waals surface area contributed by atoms with Crippen LogP contribution >= 0.6 is 0 Å². The van der Waals surface area contributed by atoms with Gasteiger partial charge in [0.1, 0.15) is 12.2 Å². The number of esters is 2. The molecule has 0 saturated heterocycles. The molecule has 0 aliphatic carbocycles. The molecule has 0 aliphatic rings. The van der Waals surface area contributed by atoms with Gasteiger partial charge in [0, 0.05) is 45.6 Å². The van der Waals surface area contributed by atoms with Gasteiger partial charge in [0.2, 0.25) is 0 Å². The van der Waals surface area contributed by atoms with Gasteiger partial charge in [-0.05, 0) is 34.6 Å². The fourth-order valence-electron chi connectivity index (χ4n) is 4.64. The quantitative estimate of drug-likeness (QED) is 0.0825. The van der Waals surface area contributed by atoms with Gasteiger partial charge < -0.3 is 44.8 Å². The van der Waals surface area contributed by atoms with E-state index < -0.39 is 101 Å². The van der Waals surface area contributed by atoms with E-state index in [1.807, 2.05) is 0 Å². The van der Waals surface area contributed by atoms with Crippen molar-refractivity contribution in [2.45, 2.75) is 52.9 Å². The number of carboxylic acid groups (broad SMARTS) is 3. The molecular formula is C30H42O14. The van der Waals surface area contributed by atoms with Gasteiger partial charge in [-0.15, -0.1) is 0 Å². The van der Waals surface area contributed by atoms with E-state index in [0.29, 0.717) is 0 Å². The third-order valence-corrected chi connectivity index (χ3v) is 7.07. The molecule has 0 aromatic rings. The van der Waals surface area contributed by atoms with Gasteiger partial charge in [0.25, 0.3) is 0 Å². The number of aliphatic carboxylic acids is 3. The molecule has 0 aromatic heterocycles. The zero-order valence-electron chi connectivity index (χ0n) is 25.4. The Hall–Kier alpha value is -4.11. The van der Waals surface area contributed by atoms with E-state index in [2.05, 4.69) is 13.2 Å². The molecule has 0 spiro atoms. The van der Waals surface area contributed by atoms with Crippen LogP contribution in [0.2, 0.25) is 0 Å². The summed E-state index contributed by atoms with van der Waals surface area (Å²) in [6.45, 7) is 9.32. The third kappa shape index (κ3) is 10.3. The van der Waals surface area contributed by atoms with Gasteiger partial charge in [-0.1, -0.05) is 31.4 Å². The van der Waals surface area contributed by atoms with Crippen molar-refractivity contribution in [1.82, 2.24) is 0 Å². The van der Waals surface area contributed by atoms with E-state index in [1.54, 1.807) is 0 Å². The van der Waals surface area contributed by atoms with Crippen molar-refractivity contribution < 1.29 is 68.8 Å². The molecule has 0 heterocycles. The van der Waals surface area contributed by atoms with Crippen molar-refractivity contribution in [3.8, 4) is 0 Å². The number of aliphatic hydroxyl groups is 3. The summed E-state index contributed by atoms with van der Waals surface area (Å²) in [4.78, 5) is 60.0. The van der Waals surface area contributed by atoms with Crippen LogP contribution in [-0.2, 0) is 38.2 Å². The Balaban J connectivity index is 7.84. The Morgan fingerprint density at radius 3 is 1.43 bits per heavy atom. The summed E-state index contributed by atoms with van der Waals surface area (Å²) in [5.41, 5.74) is -5.87. The molecule has 4 unspecified atom stereocenters. The minimum Gasteiger partial charge on any atom is -0.478 e. The predicted molar refractivity (Wildman–Crippen MR) is 155 cm³/mol.